The molecular weight excluding hydrogens is 288 g/mol. The second kappa shape index (κ2) is 6.38. The van der Waals surface area contributed by atoms with Crippen LogP contribution in [0, 0.1) is 0 Å². The van der Waals surface area contributed by atoms with Crippen LogP contribution < -0.4 is 10.1 Å². The molecule has 106 valence electrons. The summed E-state index contributed by atoms with van der Waals surface area (Å²) in [4.78, 5) is 12.0. The Morgan fingerprint density at radius 1 is 1.40 bits per heavy atom. The van der Waals surface area contributed by atoms with Crippen molar-refractivity contribution in [2.45, 2.75) is 20.0 Å². The highest BCUT2D eigenvalue weighted by Gasteiger charge is 2.16. The summed E-state index contributed by atoms with van der Waals surface area (Å²) >= 11 is 1.23. The molecule has 0 fully saturated rings. The summed E-state index contributed by atoms with van der Waals surface area (Å²) in [6.45, 7) is -1.07. The van der Waals surface area contributed by atoms with Gasteiger partial charge in [0, 0.05) is 0 Å². The van der Waals surface area contributed by atoms with Crippen molar-refractivity contribution in [1.82, 2.24) is 10.2 Å². The Morgan fingerprint density at radius 2 is 2.15 bits per heavy atom. The maximum absolute atomic E-state index is 12.3. The van der Waals surface area contributed by atoms with Gasteiger partial charge in [-0.05, 0) is 18.6 Å². The summed E-state index contributed by atoms with van der Waals surface area (Å²) in [5, 5.41) is 11.2. The van der Waals surface area contributed by atoms with Gasteiger partial charge >= 0.3 is 6.61 Å². The molecule has 8 heteroatoms. The number of carbonyl (C=O) groups excluding carboxylic acids is 1. The van der Waals surface area contributed by atoms with E-state index in [9.17, 15) is 13.6 Å². The third-order valence-electron chi connectivity index (χ3n) is 2.34. The number of amides is 1. The summed E-state index contributed by atoms with van der Waals surface area (Å²) in [5.74, 6) is -0.750. The molecule has 0 atom stereocenters. The molecule has 5 nitrogen and oxygen atoms in total. The molecule has 0 saturated carbocycles. The Hall–Kier alpha value is -2.09. The molecule has 20 heavy (non-hydrogen) atoms. The molecule has 0 aliphatic heterocycles. The quantitative estimate of drug-likeness (QED) is 0.922. The van der Waals surface area contributed by atoms with Crippen LogP contribution >= 0.6 is 11.3 Å². The molecule has 2 aromatic rings. The first-order chi connectivity index (χ1) is 9.60. The van der Waals surface area contributed by atoms with Gasteiger partial charge in [0.05, 0.1) is 5.56 Å². The van der Waals surface area contributed by atoms with Gasteiger partial charge in [0.1, 0.15) is 10.8 Å². The van der Waals surface area contributed by atoms with Crippen LogP contribution in [0.2, 0.25) is 0 Å². The normalized spacial score (nSPS) is 10.6. The van der Waals surface area contributed by atoms with Gasteiger partial charge in [-0.25, -0.2) is 0 Å². The summed E-state index contributed by atoms with van der Waals surface area (Å²) in [6, 6.07) is 5.77. The lowest BCUT2D eigenvalue weighted by Gasteiger charge is -2.09. The minimum Gasteiger partial charge on any atom is -0.434 e. The van der Waals surface area contributed by atoms with Crippen molar-refractivity contribution in [3.63, 3.8) is 0 Å². The van der Waals surface area contributed by atoms with Crippen LogP contribution in [0.15, 0.2) is 24.3 Å². The third kappa shape index (κ3) is 3.47. The van der Waals surface area contributed by atoms with E-state index in [1.54, 1.807) is 6.07 Å². The lowest BCUT2D eigenvalue weighted by atomic mass is 10.2. The van der Waals surface area contributed by atoms with Crippen molar-refractivity contribution in [3.8, 4) is 5.75 Å². The fourth-order valence-corrected chi connectivity index (χ4v) is 2.14. The van der Waals surface area contributed by atoms with Crippen molar-refractivity contribution < 1.29 is 18.3 Å². The average molecular weight is 299 g/mol. The number of aryl methyl sites for hydroxylation is 1. The molecule has 0 spiro atoms. The van der Waals surface area contributed by atoms with Gasteiger partial charge < -0.3 is 4.74 Å². The second-order valence-electron chi connectivity index (χ2n) is 3.68. The van der Waals surface area contributed by atoms with Gasteiger partial charge in [-0.15, -0.1) is 10.2 Å². The van der Waals surface area contributed by atoms with E-state index < -0.39 is 12.5 Å². The van der Waals surface area contributed by atoms with Crippen LogP contribution in [0.25, 0.3) is 0 Å². The number of hydrogen-bond donors (Lipinski definition) is 1. The van der Waals surface area contributed by atoms with Crippen molar-refractivity contribution in [2.75, 3.05) is 5.32 Å². The Kier molecular flexibility index (Phi) is 4.57. The standard InChI is InChI=1S/C12H11F2N3O2S/c1-2-9-16-17-12(20-9)15-10(18)7-5-3-4-6-8(7)19-11(13)14/h3-6,11H,2H2,1H3,(H,15,17,18). The first-order valence-corrected chi connectivity index (χ1v) is 6.59. The zero-order valence-electron chi connectivity index (χ0n) is 10.5. The number of anilines is 1. The van der Waals surface area contributed by atoms with Gasteiger partial charge in [0.15, 0.2) is 0 Å². The number of nitrogens with one attached hydrogen (secondary N) is 1. The number of para-hydroxylation sites is 1. The van der Waals surface area contributed by atoms with E-state index in [-0.39, 0.29) is 11.3 Å². The summed E-state index contributed by atoms with van der Waals surface area (Å²) in [5.41, 5.74) is 0.0149. The molecule has 1 aromatic heterocycles. The Balaban J connectivity index is 2.16. The fraction of sp³-hybridized carbons (Fsp3) is 0.250. The van der Waals surface area contributed by atoms with Crippen LogP contribution in [0.3, 0.4) is 0 Å². The Bertz CT molecular complexity index is 604. The van der Waals surface area contributed by atoms with Crippen LogP contribution in [-0.4, -0.2) is 22.7 Å². The molecule has 1 amide bonds. The monoisotopic (exact) mass is 299 g/mol. The molecule has 0 radical (unpaired) electrons. The first-order valence-electron chi connectivity index (χ1n) is 5.77. The maximum atomic E-state index is 12.3. The molecule has 0 unspecified atom stereocenters. The third-order valence-corrected chi connectivity index (χ3v) is 3.32. The zero-order valence-corrected chi connectivity index (χ0v) is 11.3. The number of halogens is 2. The summed E-state index contributed by atoms with van der Waals surface area (Å²) < 4.78 is 28.8. The van der Waals surface area contributed by atoms with Gasteiger partial charge in [0.25, 0.3) is 5.91 Å². The number of hydrogen-bond acceptors (Lipinski definition) is 5. The highest BCUT2D eigenvalue weighted by molar-refractivity contribution is 7.15. The predicted molar refractivity (Wildman–Crippen MR) is 70.3 cm³/mol. The minimum absolute atomic E-state index is 0.0149. The maximum Gasteiger partial charge on any atom is 0.387 e. The topological polar surface area (TPSA) is 64.1 Å². The molecule has 0 bridgehead atoms. The fourth-order valence-electron chi connectivity index (χ4n) is 1.46. The Labute approximate surface area is 117 Å². The summed E-state index contributed by atoms with van der Waals surface area (Å²) in [6.07, 6.45) is 0.707. The molecule has 1 heterocycles. The van der Waals surface area contributed by atoms with Crippen molar-refractivity contribution in [2.24, 2.45) is 0 Å². The predicted octanol–water partition coefficient (Wildman–Crippen LogP) is 2.95. The van der Waals surface area contributed by atoms with Gasteiger partial charge in [0.2, 0.25) is 5.13 Å². The van der Waals surface area contributed by atoms with E-state index in [1.165, 1.54) is 29.5 Å². The van der Waals surface area contributed by atoms with E-state index in [4.69, 9.17) is 0 Å². The number of rotatable bonds is 5. The highest BCUT2D eigenvalue weighted by atomic mass is 32.1. The number of aromatic nitrogens is 2. The Morgan fingerprint density at radius 3 is 2.80 bits per heavy atom. The van der Waals surface area contributed by atoms with Crippen LogP contribution in [0.4, 0.5) is 13.9 Å². The molecule has 0 aliphatic carbocycles. The van der Waals surface area contributed by atoms with Gasteiger partial charge in [-0.3, -0.25) is 10.1 Å². The van der Waals surface area contributed by atoms with E-state index >= 15 is 0 Å². The molecule has 0 saturated heterocycles. The van der Waals surface area contributed by atoms with Gasteiger partial charge in [-0.1, -0.05) is 30.4 Å². The largest absolute Gasteiger partial charge is 0.434 e. The highest BCUT2D eigenvalue weighted by Crippen LogP contribution is 2.22. The van der Waals surface area contributed by atoms with Gasteiger partial charge in [-0.2, -0.15) is 8.78 Å². The number of carbonyl (C=O) groups is 1. The van der Waals surface area contributed by atoms with Crippen molar-refractivity contribution in [3.05, 3.63) is 34.8 Å². The van der Waals surface area contributed by atoms with Crippen LogP contribution in [0.1, 0.15) is 22.3 Å². The van der Waals surface area contributed by atoms with Crippen LogP contribution in [0.5, 0.6) is 5.75 Å². The molecule has 1 aromatic carbocycles. The lowest BCUT2D eigenvalue weighted by Crippen LogP contribution is -2.14. The number of nitrogens with zero attached hydrogens (tertiary/aromatic N) is 2. The zero-order chi connectivity index (χ0) is 14.5. The SMILES string of the molecule is CCc1nnc(NC(=O)c2ccccc2OC(F)F)s1. The van der Waals surface area contributed by atoms with E-state index in [0.717, 1.165) is 5.01 Å². The minimum atomic E-state index is -2.99. The molecule has 2 rings (SSSR count). The van der Waals surface area contributed by atoms with E-state index in [0.29, 0.717) is 11.6 Å². The average Bonchev–Trinajstić information content (AvgIpc) is 2.86. The number of alkyl halides is 2. The molecule has 0 aliphatic rings. The first kappa shape index (κ1) is 14.3. The van der Waals surface area contributed by atoms with Crippen LogP contribution in [-0.2, 0) is 6.42 Å². The molecular formula is C12H11F2N3O2S. The smallest absolute Gasteiger partial charge is 0.387 e. The number of benzene rings is 1. The number of ether oxygens (including phenoxy) is 1. The second-order valence-corrected chi connectivity index (χ2v) is 4.75. The van der Waals surface area contributed by atoms with Crippen molar-refractivity contribution >= 4 is 22.4 Å². The van der Waals surface area contributed by atoms with E-state index in [2.05, 4.69) is 20.3 Å². The summed E-state index contributed by atoms with van der Waals surface area (Å²) in [7, 11) is 0. The van der Waals surface area contributed by atoms with E-state index in [1.807, 2.05) is 6.92 Å². The lowest BCUT2D eigenvalue weighted by molar-refractivity contribution is -0.0501. The molecule has 1 N–H and O–H groups in total. The van der Waals surface area contributed by atoms with Crippen molar-refractivity contribution in [1.29, 1.82) is 0 Å².